The molecule has 1 aliphatic heterocycles. The Balaban J connectivity index is 2.27. The van der Waals surface area contributed by atoms with E-state index >= 15 is 0 Å². The molecule has 1 aromatic heterocycles. The summed E-state index contributed by atoms with van der Waals surface area (Å²) in [5.41, 5.74) is 0.655. The van der Waals surface area contributed by atoms with Crippen molar-refractivity contribution in [2.45, 2.75) is 24.5 Å². The maximum Gasteiger partial charge on any atom is 0.207 e. The molecule has 3 N–H and O–H groups in total. The molecule has 24 heavy (non-hydrogen) atoms. The van der Waals surface area contributed by atoms with E-state index in [0.717, 1.165) is 0 Å². The standard InChI is InChI=1S/C15H15Cl2NO6/c1-23-14-7(4-19)6-2-8(16)9(17)3-10(6)18(14)15-13(22)12(21)11(5-20)24-15/h2-4,11-13,15,20-22H,5H2,1H3/t11-,12-,13-,15-/m1/s1. The molecule has 9 heteroatoms. The Bertz CT molecular complexity index is 792. The van der Waals surface area contributed by atoms with Gasteiger partial charge in [0.05, 0.1) is 34.8 Å². The monoisotopic (exact) mass is 375 g/mol. The molecule has 0 unspecified atom stereocenters. The number of benzene rings is 1. The van der Waals surface area contributed by atoms with E-state index in [9.17, 15) is 20.1 Å². The van der Waals surface area contributed by atoms with Gasteiger partial charge >= 0.3 is 0 Å². The van der Waals surface area contributed by atoms with Gasteiger partial charge in [-0.05, 0) is 12.1 Å². The molecule has 2 heterocycles. The van der Waals surface area contributed by atoms with Crippen molar-refractivity contribution in [3.8, 4) is 5.88 Å². The number of hydrogen-bond donors (Lipinski definition) is 3. The average Bonchev–Trinajstić information content (AvgIpc) is 3.02. The summed E-state index contributed by atoms with van der Waals surface area (Å²) in [6.45, 7) is -0.469. The van der Waals surface area contributed by atoms with Gasteiger partial charge in [-0.1, -0.05) is 23.2 Å². The van der Waals surface area contributed by atoms with Crippen molar-refractivity contribution in [2.24, 2.45) is 0 Å². The first kappa shape index (κ1) is 17.5. The van der Waals surface area contributed by atoms with E-state index in [0.29, 0.717) is 17.2 Å². The molecule has 1 fully saturated rings. The van der Waals surface area contributed by atoms with E-state index in [1.54, 1.807) is 0 Å². The van der Waals surface area contributed by atoms with Crippen molar-refractivity contribution < 1.29 is 29.6 Å². The summed E-state index contributed by atoms with van der Waals surface area (Å²) in [5, 5.41) is 30.5. The number of nitrogens with zero attached hydrogens (tertiary/aromatic N) is 1. The SMILES string of the molecule is COc1c(C=O)c2cc(Cl)c(Cl)cc2n1[C@@H]1O[C@H](CO)[C@@H](O)[C@H]1O. The maximum absolute atomic E-state index is 11.5. The average molecular weight is 376 g/mol. The van der Waals surface area contributed by atoms with Crippen LogP contribution in [0.5, 0.6) is 5.88 Å². The van der Waals surface area contributed by atoms with Gasteiger partial charge in [0.15, 0.2) is 12.5 Å². The third-order valence-electron chi connectivity index (χ3n) is 4.12. The summed E-state index contributed by atoms with van der Waals surface area (Å²) in [5.74, 6) is 0.133. The van der Waals surface area contributed by atoms with Crippen LogP contribution in [0.3, 0.4) is 0 Å². The molecule has 0 spiro atoms. The fourth-order valence-corrected chi connectivity index (χ4v) is 3.30. The molecule has 2 aromatic rings. The highest BCUT2D eigenvalue weighted by Gasteiger charge is 2.45. The van der Waals surface area contributed by atoms with E-state index < -0.39 is 31.1 Å². The zero-order chi connectivity index (χ0) is 17.6. The molecule has 1 saturated heterocycles. The first-order valence-corrected chi connectivity index (χ1v) is 7.84. The highest BCUT2D eigenvalue weighted by molar-refractivity contribution is 6.43. The van der Waals surface area contributed by atoms with Gasteiger partial charge in [-0.2, -0.15) is 0 Å². The smallest absolute Gasteiger partial charge is 0.207 e. The number of fused-ring (bicyclic) bond motifs is 1. The highest BCUT2D eigenvalue weighted by atomic mass is 35.5. The molecule has 1 aromatic carbocycles. The second kappa shape index (κ2) is 6.51. The molecule has 3 rings (SSSR count). The molecule has 0 bridgehead atoms. The number of aldehydes is 1. The van der Waals surface area contributed by atoms with E-state index in [1.165, 1.54) is 23.8 Å². The Hall–Kier alpha value is -1.35. The van der Waals surface area contributed by atoms with Crippen LogP contribution in [-0.4, -0.2) is 58.2 Å². The zero-order valence-electron chi connectivity index (χ0n) is 12.5. The third kappa shape index (κ3) is 2.48. The van der Waals surface area contributed by atoms with Gasteiger partial charge in [0.25, 0.3) is 0 Å². The number of methoxy groups -OCH3 is 1. The molecule has 1 aliphatic rings. The van der Waals surface area contributed by atoms with Crippen molar-refractivity contribution >= 4 is 40.4 Å². The van der Waals surface area contributed by atoms with Crippen LogP contribution in [0.2, 0.25) is 10.0 Å². The molecule has 0 radical (unpaired) electrons. The van der Waals surface area contributed by atoms with Gasteiger partial charge in [-0.15, -0.1) is 0 Å². The predicted molar refractivity (Wildman–Crippen MR) is 86.9 cm³/mol. The summed E-state index contributed by atoms with van der Waals surface area (Å²) in [6.07, 6.45) is -4.05. The van der Waals surface area contributed by atoms with Gasteiger partial charge in [-0.3, -0.25) is 9.36 Å². The summed E-state index contributed by atoms with van der Waals surface area (Å²) >= 11 is 12.1. The van der Waals surface area contributed by atoms with Crippen molar-refractivity contribution in [3.63, 3.8) is 0 Å². The largest absolute Gasteiger partial charge is 0.482 e. The van der Waals surface area contributed by atoms with Crippen molar-refractivity contribution in [1.82, 2.24) is 4.57 Å². The van der Waals surface area contributed by atoms with Crippen molar-refractivity contribution in [1.29, 1.82) is 0 Å². The molecule has 0 saturated carbocycles. The van der Waals surface area contributed by atoms with E-state index in [-0.39, 0.29) is 21.5 Å². The van der Waals surface area contributed by atoms with Crippen LogP contribution in [0, 0.1) is 0 Å². The number of rotatable bonds is 4. The number of halogens is 2. The Morgan fingerprint density at radius 1 is 1.29 bits per heavy atom. The lowest BCUT2D eigenvalue weighted by molar-refractivity contribution is -0.0531. The zero-order valence-corrected chi connectivity index (χ0v) is 14.0. The summed E-state index contributed by atoms with van der Waals surface area (Å²) in [6, 6.07) is 3.03. The first-order valence-electron chi connectivity index (χ1n) is 7.09. The minimum atomic E-state index is -1.33. The molecule has 4 atom stereocenters. The summed E-state index contributed by atoms with van der Waals surface area (Å²) in [7, 11) is 1.36. The number of carbonyl (C=O) groups is 1. The topological polar surface area (TPSA) is 101 Å². The van der Waals surface area contributed by atoms with Crippen LogP contribution in [0.4, 0.5) is 0 Å². The van der Waals surface area contributed by atoms with Gasteiger partial charge < -0.3 is 24.8 Å². The number of aliphatic hydroxyl groups excluding tert-OH is 3. The molecule has 0 amide bonds. The van der Waals surface area contributed by atoms with Gasteiger partial charge in [0.1, 0.15) is 18.3 Å². The van der Waals surface area contributed by atoms with Crippen LogP contribution in [-0.2, 0) is 4.74 Å². The van der Waals surface area contributed by atoms with E-state index in [1.807, 2.05) is 0 Å². The van der Waals surface area contributed by atoms with Crippen LogP contribution in [0.1, 0.15) is 16.6 Å². The Kier molecular flexibility index (Phi) is 4.74. The Morgan fingerprint density at radius 3 is 2.50 bits per heavy atom. The number of carbonyl (C=O) groups excluding carboxylic acids is 1. The van der Waals surface area contributed by atoms with E-state index in [2.05, 4.69) is 0 Å². The van der Waals surface area contributed by atoms with E-state index in [4.69, 9.17) is 32.7 Å². The molecular weight excluding hydrogens is 361 g/mol. The van der Waals surface area contributed by atoms with Gasteiger partial charge in [-0.25, -0.2) is 0 Å². The highest BCUT2D eigenvalue weighted by Crippen LogP contribution is 2.41. The van der Waals surface area contributed by atoms with Crippen molar-refractivity contribution in [3.05, 3.63) is 27.7 Å². The lowest BCUT2D eigenvalue weighted by Crippen LogP contribution is -2.33. The summed E-state index contributed by atoms with van der Waals surface area (Å²) in [4.78, 5) is 11.5. The molecular formula is C15H15Cl2NO6. The lowest BCUT2D eigenvalue weighted by atomic mass is 10.1. The van der Waals surface area contributed by atoms with Gasteiger partial charge in [0, 0.05) is 5.39 Å². The minimum absolute atomic E-state index is 0.133. The molecule has 130 valence electrons. The van der Waals surface area contributed by atoms with Crippen LogP contribution in [0.15, 0.2) is 12.1 Å². The van der Waals surface area contributed by atoms with Crippen LogP contribution >= 0.6 is 23.2 Å². The number of aliphatic hydroxyl groups is 3. The fourth-order valence-electron chi connectivity index (χ4n) is 2.97. The van der Waals surface area contributed by atoms with Crippen molar-refractivity contribution in [2.75, 3.05) is 13.7 Å². The minimum Gasteiger partial charge on any atom is -0.482 e. The molecule has 0 aliphatic carbocycles. The normalized spacial score (nSPS) is 26.9. The number of ether oxygens (including phenoxy) is 2. The van der Waals surface area contributed by atoms with Crippen LogP contribution < -0.4 is 4.74 Å². The lowest BCUT2D eigenvalue weighted by Gasteiger charge is -2.20. The second-order valence-corrected chi connectivity index (χ2v) is 6.24. The Labute approximate surface area is 146 Å². The quantitative estimate of drug-likeness (QED) is 0.697. The fraction of sp³-hybridized carbons (Fsp3) is 0.400. The number of hydrogen-bond acceptors (Lipinski definition) is 6. The summed E-state index contributed by atoms with van der Waals surface area (Å²) < 4.78 is 12.3. The van der Waals surface area contributed by atoms with Crippen LogP contribution in [0.25, 0.3) is 10.9 Å². The predicted octanol–water partition coefficient (Wildman–Crippen LogP) is 1.38. The first-order chi connectivity index (χ1) is 11.4. The third-order valence-corrected chi connectivity index (χ3v) is 4.84. The molecule has 7 nitrogen and oxygen atoms in total. The number of aromatic nitrogens is 1. The van der Waals surface area contributed by atoms with Gasteiger partial charge in [0.2, 0.25) is 5.88 Å². The Morgan fingerprint density at radius 2 is 1.96 bits per heavy atom. The maximum atomic E-state index is 11.5. The second-order valence-electron chi connectivity index (χ2n) is 5.42.